The second-order valence-corrected chi connectivity index (χ2v) is 6.68. The molecule has 1 atom stereocenters. The molecule has 3 heteroatoms. The number of anilines is 2. The van der Waals surface area contributed by atoms with E-state index in [9.17, 15) is 0 Å². The molecule has 0 spiro atoms. The van der Waals surface area contributed by atoms with Crippen molar-refractivity contribution in [2.45, 2.75) is 38.6 Å². The first-order valence-corrected chi connectivity index (χ1v) is 9.07. The number of aliphatic hydroxyl groups is 1. The number of rotatable bonds is 6. The molecular weight excluding hydrogens is 296 g/mol. The molecule has 1 aliphatic heterocycles. The van der Waals surface area contributed by atoms with E-state index >= 15 is 0 Å². The molecule has 1 saturated heterocycles. The largest absolute Gasteiger partial charge is 0.396 e. The van der Waals surface area contributed by atoms with Crippen LogP contribution in [0.4, 0.5) is 11.4 Å². The molecule has 2 aromatic rings. The Kier molecular flexibility index (Phi) is 5.76. The molecule has 0 aromatic heterocycles. The van der Waals surface area contributed by atoms with E-state index in [2.05, 4.69) is 65.7 Å². The highest BCUT2D eigenvalue weighted by atomic mass is 16.2. The number of hydrogen-bond acceptors (Lipinski definition) is 3. The van der Waals surface area contributed by atoms with Crippen LogP contribution in [-0.4, -0.2) is 24.8 Å². The molecule has 0 amide bonds. The van der Waals surface area contributed by atoms with E-state index in [1.807, 2.05) is 0 Å². The van der Waals surface area contributed by atoms with Crippen LogP contribution in [0.3, 0.4) is 0 Å². The third kappa shape index (κ3) is 4.30. The van der Waals surface area contributed by atoms with Gasteiger partial charge in [-0.2, -0.15) is 0 Å². The Morgan fingerprint density at radius 1 is 0.958 bits per heavy atom. The van der Waals surface area contributed by atoms with E-state index in [1.54, 1.807) is 0 Å². The minimum absolute atomic E-state index is 0.201. The van der Waals surface area contributed by atoms with Crippen LogP contribution in [0.5, 0.6) is 0 Å². The van der Waals surface area contributed by atoms with Crippen LogP contribution < -0.4 is 10.2 Å². The number of aliphatic hydroxyl groups excluding tert-OH is 1. The van der Waals surface area contributed by atoms with E-state index in [1.165, 1.54) is 49.2 Å². The zero-order valence-corrected chi connectivity index (χ0v) is 14.5. The molecule has 1 aliphatic rings. The first-order valence-electron chi connectivity index (χ1n) is 9.07. The van der Waals surface area contributed by atoms with Crippen molar-refractivity contribution < 1.29 is 5.11 Å². The van der Waals surface area contributed by atoms with Gasteiger partial charge in [0.15, 0.2) is 0 Å². The summed E-state index contributed by atoms with van der Waals surface area (Å²) in [5.74, 6) is 0. The van der Waals surface area contributed by atoms with Gasteiger partial charge in [-0.25, -0.2) is 0 Å². The fraction of sp³-hybridized carbons (Fsp3) is 0.429. The molecule has 3 rings (SSSR count). The Bertz CT molecular complexity index is 615. The predicted molar refractivity (Wildman–Crippen MR) is 102 cm³/mol. The van der Waals surface area contributed by atoms with Crippen molar-refractivity contribution in [2.75, 3.05) is 29.9 Å². The van der Waals surface area contributed by atoms with Crippen molar-refractivity contribution >= 4 is 11.4 Å². The van der Waals surface area contributed by atoms with Gasteiger partial charge in [-0.3, -0.25) is 0 Å². The molecule has 0 aliphatic carbocycles. The highest BCUT2D eigenvalue weighted by Gasteiger charge is 2.11. The summed E-state index contributed by atoms with van der Waals surface area (Å²) in [6.07, 6.45) is 4.71. The fourth-order valence-electron chi connectivity index (χ4n) is 3.36. The third-order valence-corrected chi connectivity index (χ3v) is 4.85. The molecule has 24 heavy (non-hydrogen) atoms. The summed E-state index contributed by atoms with van der Waals surface area (Å²) >= 11 is 0. The number of benzene rings is 2. The van der Waals surface area contributed by atoms with E-state index < -0.39 is 0 Å². The average molecular weight is 324 g/mol. The van der Waals surface area contributed by atoms with Crippen LogP contribution in [0.15, 0.2) is 48.5 Å². The van der Waals surface area contributed by atoms with Gasteiger partial charge >= 0.3 is 0 Å². The molecule has 1 heterocycles. The van der Waals surface area contributed by atoms with Crippen LogP contribution in [0.1, 0.15) is 43.4 Å². The van der Waals surface area contributed by atoms with Gasteiger partial charge in [0.2, 0.25) is 0 Å². The summed E-state index contributed by atoms with van der Waals surface area (Å²) in [7, 11) is 0. The summed E-state index contributed by atoms with van der Waals surface area (Å²) in [6, 6.07) is 17.6. The van der Waals surface area contributed by atoms with Gasteiger partial charge in [0.25, 0.3) is 0 Å². The zero-order chi connectivity index (χ0) is 16.8. The van der Waals surface area contributed by atoms with Crippen LogP contribution in [-0.2, 0) is 6.42 Å². The fourth-order valence-corrected chi connectivity index (χ4v) is 3.36. The summed E-state index contributed by atoms with van der Waals surface area (Å²) in [5.41, 5.74) is 4.93. The lowest BCUT2D eigenvalue weighted by Gasteiger charge is -2.29. The first-order chi connectivity index (χ1) is 11.8. The van der Waals surface area contributed by atoms with Gasteiger partial charge in [0, 0.05) is 37.1 Å². The number of hydrogen-bond donors (Lipinski definition) is 2. The second-order valence-electron chi connectivity index (χ2n) is 6.68. The van der Waals surface area contributed by atoms with Gasteiger partial charge in [0.05, 0.1) is 0 Å². The maximum absolute atomic E-state index is 8.98. The minimum atomic E-state index is 0.201. The molecule has 3 nitrogen and oxygen atoms in total. The van der Waals surface area contributed by atoms with E-state index in [-0.39, 0.29) is 12.6 Å². The van der Waals surface area contributed by atoms with Gasteiger partial charge in [-0.15, -0.1) is 0 Å². The first kappa shape index (κ1) is 16.8. The minimum Gasteiger partial charge on any atom is -0.396 e. The van der Waals surface area contributed by atoms with Crippen LogP contribution in [0.2, 0.25) is 0 Å². The van der Waals surface area contributed by atoms with Crippen LogP contribution in [0.25, 0.3) is 0 Å². The highest BCUT2D eigenvalue weighted by Crippen LogP contribution is 2.24. The van der Waals surface area contributed by atoms with Crippen LogP contribution in [0, 0.1) is 0 Å². The molecular formula is C21H28N2O. The SMILES string of the molecule is CC(Nc1ccc(CCO)cc1)c1ccc(N2CCCCC2)cc1. The highest BCUT2D eigenvalue weighted by molar-refractivity contribution is 5.50. The molecule has 0 bridgehead atoms. The Labute approximate surface area is 145 Å². The van der Waals surface area contributed by atoms with Crippen molar-refractivity contribution in [1.82, 2.24) is 0 Å². The normalized spacial score (nSPS) is 16.0. The number of nitrogens with one attached hydrogen (secondary N) is 1. The van der Waals surface area contributed by atoms with Gasteiger partial charge in [0.1, 0.15) is 0 Å². The Balaban J connectivity index is 1.60. The number of nitrogens with zero attached hydrogens (tertiary/aromatic N) is 1. The smallest absolute Gasteiger partial charge is 0.0485 e. The summed E-state index contributed by atoms with van der Waals surface area (Å²) in [4.78, 5) is 2.49. The zero-order valence-electron chi connectivity index (χ0n) is 14.5. The van der Waals surface area contributed by atoms with E-state index in [0.29, 0.717) is 6.42 Å². The maximum Gasteiger partial charge on any atom is 0.0485 e. The quantitative estimate of drug-likeness (QED) is 0.827. The molecule has 0 saturated carbocycles. The van der Waals surface area contributed by atoms with Crippen molar-refractivity contribution in [1.29, 1.82) is 0 Å². The lowest BCUT2D eigenvalue weighted by atomic mass is 10.1. The Morgan fingerprint density at radius 2 is 1.62 bits per heavy atom. The lowest BCUT2D eigenvalue weighted by molar-refractivity contribution is 0.299. The van der Waals surface area contributed by atoms with Gasteiger partial charge < -0.3 is 15.3 Å². The molecule has 128 valence electrons. The molecule has 2 aromatic carbocycles. The molecule has 1 fully saturated rings. The summed E-state index contributed by atoms with van der Waals surface area (Å²) in [5, 5.41) is 12.5. The van der Waals surface area contributed by atoms with E-state index in [4.69, 9.17) is 5.11 Å². The molecule has 1 unspecified atom stereocenters. The Morgan fingerprint density at radius 3 is 2.25 bits per heavy atom. The van der Waals surface area contributed by atoms with Gasteiger partial charge in [-0.1, -0.05) is 24.3 Å². The molecule has 2 N–H and O–H groups in total. The van der Waals surface area contributed by atoms with Crippen molar-refractivity contribution in [3.05, 3.63) is 59.7 Å². The van der Waals surface area contributed by atoms with E-state index in [0.717, 1.165) is 5.69 Å². The van der Waals surface area contributed by atoms with Gasteiger partial charge in [-0.05, 0) is 68.0 Å². The topological polar surface area (TPSA) is 35.5 Å². The maximum atomic E-state index is 8.98. The van der Waals surface area contributed by atoms with Crippen molar-refractivity contribution in [2.24, 2.45) is 0 Å². The van der Waals surface area contributed by atoms with Crippen LogP contribution >= 0.6 is 0 Å². The second kappa shape index (κ2) is 8.20. The summed E-state index contributed by atoms with van der Waals surface area (Å²) < 4.78 is 0. The standard InChI is InChI=1S/C21H28N2O/c1-17(22-20-9-5-18(6-10-20)13-16-24)19-7-11-21(12-8-19)23-14-3-2-4-15-23/h5-12,17,22,24H,2-4,13-16H2,1H3. The predicted octanol–water partition coefficient (Wildman–Crippen LogP) is 4.38. The molecule has 0 radical (unpaired) electrons. The summed E-state index contributed by atoms with van der Waals surface area (Å²) in [6.45, 7) is 4.77. The van der Waals surface area contributed by atoms with Crippen molar-refractivity contribution in [3.63, 3.8) is 0 Å². The third-order valence-electron chi connectivity index (χ3n) is 4.85. The average Bonchev–Trinajstić information content (AvgIpc) is 2.64. The Hall–Kier alpha value is -2.00. The van der Waals surface area contributed by atoms with Crippen molar-refractivity contribution in [3.8, 4) is 0 Å². The lowest BCUT2D eigenvalue weighted by Crippen LogP contribution is -2.29. The number of piperidine rings is 1. The monoisotopic (exact) mass is 324 g/mol.